The van der Waals surface area contributed by atoms with Crippen molar-refractivity contribution >= 4 is 0 Å². The van der Waals surface area contributed by atoms with Gasteiger partial charge in [-0.3, -0.25) is 0 Å². The Morgan fingerprint density at radius 3 is 2.92 bits per heavy atom. The fraction of sp³-hybridized carbons (Fsp3) is 1.00. The van der Waals surface area contributed by atoms with E-state index >= 15 is 0 Å². The summed E-state index contributed by atoms with van der Waals surface area (Å²) in [4.78, 5) is 0. The Morgan fingerprint density at radius 2 is 2.42 bits per heavy atom. The number of aliphatic hydroxyl groups excluding tert-OH is 1. The van der Waals surface area contributed by atoms with E-state index in [0.717, 1.165) is 26.2 Å². The van der Waals surface area contributed by atoms with Gasteiger partial charge in [0.15, 0.2) is 0 Å². The Kier molecular flexibility index (Phi) is 3.98. The van der Waals surface area contributed by atoms with Gasteiger partial charge in [0.1, 0.15) is 0 Å². The second-order valence-corrected chi connectivity index (χ2v) is 3.46. The van der Waals surface area contributed by atoms with Crippen LogP contribution in [0.5, 0.6) is 0 Å². The van der Waals surface area contributed by atoms with Crippen molar-refractivity contribution in [1.82, 2.24) is 5.32 Å². The van der Waals surface area contributed by atoms with Crippen LogP contribution in [-0.4, -0.2) is 37.0 Å². The minimum atomic E-state index is -0.257. The van der Waals surface area contributed by atoms with E-state index in [1.165, 1.54) is 0 Å². The molecule has 0 radical (unpaired) electrons. The molecule has 72 valence electrons. The van der Waals surface area contributed by atoms with Crippen LogP contribution in [0.15, 0.2) is 0 Å². The predicted octanol–water partition coefficient (Wildman–Crippen LogP) is 0.382. The largest absolute Gasteiger partial charge is 0.391 e. The molecule has 2 N–H and O–H groups in total. The SMILES string of the molecule is CCNC(C)C(O)C1CCOC1. The summed E-state index contributed by atoms with van der Waals surface area (Å²) in [6, 6.07) is 0.182. The molecule has 0 aromatic heterocycles. The maximum absolute atomic E-state index is 9.81. The van der Waals surface area contributed by atoms with Gasteiger partial charge in [0.25, 0.3) is 0 Å². The van der Waals surface area contributed by atoms with Crippen molar-refractivity contribution < 1.29 is 9.84 Å². The third kappa shape index (κ3) is 2.44. The van der Waals surface area contributed by atoms with Gasteiger partial charge < -0.3 is 15.2 Å². The van der Waals surface area contributed by atoms with E-state index in [0.29, 0.717) is 5.92 Å². The molecule has 0 bridgehead atoms. The first kappa shape index (κ1) is 9.96. The summed E-state index contributed by atoms with van der Waals surface area (Å²) < 4.78 is 5.22. The maximum Gasteiger partial charge on any atom is 0.0741 e. The average Bonchev–Trinajstić information content (AvgIpc) is 2.55. The minimum Gasteiger partial charge on any atom is -0.391 e. The van der Waals surface area contributed by atoms with Crippen LogP contribution < -0.4 is 5.32 Å². The Morgan fingerprint density at radius 1 is 1.67 bits per heavy atom. The van der Waals surface area contributed by atoms with E-state index in [1.807, 2.05) is 13.8 Å². The lowest BCUT2D eigenvalue weighted by atomic mass is 9.96. The molecule has 12 heavy (non-hydrogen) atoms. The molecule has 1 fully saturated rings. The minimum absolute atomic E-state index is 0.182. The second-order valence-electron chi connectivity index (χ2n) is 3.46. The molecule has 0 aromatic carbocycles. The number of hydrogen-bond donors (Lipinski definition) is 2. The van der Waals surface area contributed by atoms with Gasteiger partial charge in [0.2, 0.25) is 0 Å². The summed E-state index contributed by atoms with van der Waals surface area (Å²) >= 11 is 0. The van der Waals surface area contributed by atoms with Gasteiger partial charge in [0, 0.05) is 18.6 Å². The van der Waals surface area contributed by atoms with E-state index < -0.39 is 0 Å². The summed E-state index contributed by atoms with van der Waals surface area (Å²) in [7, 11) is 0. The van der Waals surface area contributed by atoms with Crippen molar-refractivity contribution in [1.29, 1.82) is 0 Å². The van der Waals surface area contributed by atoms with Crippen molar-refractivity contribution in [3.05, 3.63) is 0 Å². The number of rotatable bonds is 4. The Labute approximate surface area is 74.1 Å². The lowest BCUT2D eigenvalue weighted by Gasteiger charge is -2.23. The maximum atomic E-state index is 9.81. The van der Waals surface area contributed by atoms with Crippen molar-refractivity contribution in [2.75, 3.05) is 19.8 Å². The molecule has 0 aliphatic carbocycles. The molecule has 0 saturated carbocycles. The van der Waals surface area contributed by atoms with Crippen LogP contribution in [0.2, 0.25) is 0 Å². The molecule has 1 aliphatic heterocycles. The summed E-state index contributed by atoms with van der Waals surface area (Å²) in [5.41, 5.74) is 0. The molecule has 0 amide bonds. The average molecular weight is 173 g/mol. The van der Waals surface area contributed by atoms with Crippen LogP contribution in [0.1, 0.15) is 20.3 Å². The smallest absolute Gasteiger partial charge is 0.0741 e. The van der Waals surface area contributed by atoms with Crippen LogP contribution in [0, 0.1) is 5.92 Å². The molecule has 1 heterocycles. The first-order valence-electron chi connectivity index (χ1n) is 4.75. The van der Waals surface area contributed by atoms with E-state index in [1.54, 1.807) is 0 Å². The van der Waals surface area contributed by atoms with Crippen molar-refractivity contribution in [2.45, 2.75) is 32.4 Å². The summed E-state index contributed by atoms with van der Waals surface area (Å²) in [6.45, 7) is 6.50. The zero-order chi connectivity index (χ0) is 8.97. The third-order valence-electron chi connectivity index (χ3n) is 2.49. The lowest BCUT2D eigenvalue weighted by molar-refractivity contribution is 0.0650. The number of nitrogens with one attached hydrogen (secondary N) is 1. The predicted molar refractivity (Wildman–Crippen MR) is 48.1 cm³/mol. The summed E-state index contributed by atoms with van der Waals surface area (Å²) in [5, 5.41) is 13.0. The normalized spacial score (nSPS) is 28.8. The zero-order valence-corrected chi connectivity index (χ0v) is 7.92. The highest BCUT2D eigenvalue weighted by Gasteiger charge is 2.27. The van der Waals surface area contributed by atoms with Gasteiger partial charge in [-0.25, -0.2) is 0 Å². The van der Waals surface area contributed by atoms with Crippen LogP contribution in [0.3, 0.4) is 0 Å². The molecule has 1 aliphatic rings. The number of aliphatic hydroxyl groups is 1. The van der Waals surface area contributed by atoms with Gasteiger partial charge >= 0.3 is 0 Å². The Bertz CT molecular complexity index is 124. The van der Waals surface area contributed by atoms with Crippen LogP contribution in [0.25, 0.3) is 0 Å². The third-order valence-corrected chi connectivity index (χ3v) is 2.49. The molecule has 3 heteroatoms. The Hall–Kier alpha value is -0.120. The highest BCUT2D eigenvalue weighted by molar-refractivity contribution is 4.80. The van der Waals surface area contributed by atoms with E-state index in [9.17, 15) is 5.11 Å². The van der Waals surface area contributed by atoms with Gasteiger partial charge in [-0.15, -0.1) is 0 Å². The van der Waals surface area contributed by atoms with Gasteiger partial charge in [0.05, 0.1) is 12.7 Å². The zero-order valence-electron chi connectivity index (χ0n) is 7.92. The fourth-order valence-electron chi connectivity index (χ4n) is 1.67. The van der Waals surface area contributed by atoms with Gasteiger partial charge in [-0.05, 0) is 19.9 Å². The highest BCUT2D eigenvalue weighted by atomic mass is 16.5. The molecular weight excluding hydrogens is 154 g/mol. The first-order valence-corrected chi connectivity index (χ1v) is 4.75. The Balaban J connectivity index is 2.29. The van der Waals surface area contributed by atoms with Gasteiger partial charge in [-0.1, -0.05) is 6.92 Å². The first-order chi connectivity index (χ1) is 5.75. The van der Waals surface area contributed by atoms with Crippen molar-refractivity contribution in [3.8, 4) is 0 Å². The van der Waals surface area contributed by atoms with Gasteiger partial charge in [-0.2, -0.15) is 0 Å². The van der Waals surface area contributed by atoms with Crippen LogP contribution >= 0.6 is 0 Å². The van der Waals surface area contributed by atoms with Crippen molar-refractivity contribution in [3.63, 3.8) is 0 Å². The summed E-state index contributed by atoms with van der Waals surface area (Å²) in [6.07, 6.45) is 0.740. The molecule has 3 unspecified atom stereocenters. The molecule has 0 aromatic rings. The quantitative estimate of drug-likeness (QED) is 0.646. The molecule has 1 rings (SSSR count). The topological polar surface area (TPSA) is 41.5 Å². The van der Waals surface area contributed by atoms with E-state index in [4.69, 9.17) is 4.74 Å². The molecule has 1 saturated heterocycles. The monoisotopic (exact) mass is 173 g/mol. The summed E-state index contributed by atoms with van der Waals surface area (Å²) in [5.74, 6) is 0.332. The van der Waals surface area contributed by atoms with E-state index in [-0.39, 0.29) is 12.1 Å². The molecule has 0 spiro atoms. The van der Waals surface area contributed by atoms with Crippen molar-refractivity contribution in [2.24, 2.45) is 5.92 Å². The number of hydrogen-bond acceptors (Lipinski definition) is 3. The second kappa shape index (κ2) is 4.80. The highest BCUT2D eigenvalue weighted by Crippen LogP contribution is 2.18. The number of likely N-dealkylation sites (N-methyl/N-ethyl adjacent to an activating group) is 1. The van der Waals surface area contributed by atoms with Crippen LogP contribution in [0.4, 0.5) is 0 Å². The fourth-order valence-corrected chi connectivity index (χ4v) is 1.67. The van der Waals surface area contributed by atoms with Crippen LogP contribution in [-0.2, 0) is 4.74 Å². The molecule has 3 nitrogen and oxygen atoms in total. The number of ether oxygens (including phenoxy) is 1. The standard InChI is InChI=1S/C9H19NO2/c1-3-10-7(2)9(11)8-4-5-12-6-8/h7-11H,3-6H2,1-2H3. The lowest BCUT2D eigenvalue weighted by Crippen LogP contribution is -2.41. The molecule has 3 atom stereocenters. The van der Waals surface area contributed by atoms with E-state index in [2.05, 4.69) is 5.32 Å². The molecular formula is C9H19NO2.